The van der Waals surface area contributed by atoms with Crippen molar-refractivity contribution >= 4 is 15.9 Å². The van der Waals surface area contributed by atoms with Crippen LogP contribution in [-0.2, 0) is 26.1 Å². The molecule has 1 saturated heterocycles. The van der Waals surface area contributed by atoms with Gasteiger partial charge in [0.15, 0.2) is 0 Å². The van der Waals surface area contributed by atoms with Crippen molar-refractivity contribution in [2.24, 2.45) is 5.73 Å². The first-order valence-electron chi connectivity index (χ1n) is 8.57. The van der Waals surface area contributed by atoms with E-state index in [2.05, 4.69) is 5.32 Å². The molecule has 0 bridgehead atoms. The van der Waals surface area contributed by atoms with E-state index in [1.165, 1.54) is 4.31 Å². The first kappa shape index (κ1) is 19.8. The van der Waals surface area contributed by atoms with Crippen LogP contribution in [0, 0.1) is 0 Å². The molecule has 0 saturated carbocycles. The molecule has 0 atom stereocenters. The molecule has 8 heteroatoms. The summed E-state index contributed by atoms with van der Waals surface area (Å²) < 4.78 is 31.5. The second-order valence-electron chi connectivity index (χ2n) is 6.18. The standard InChI is InChI=1S/C17H27N3O4S/c1-3-20(4-2)25(22,23)15-7-5-14(6-8-15)13-19-16(21)17(18)9-11-24-12-10-17/h5-8H,3-4,9-13,18H2,1-2H3,(H,19,21). The Morgan fingerprint density at radius 1 is 1.20 bits per heavy atom. The summed E-state index contributed by atoms with van der Waals surface area (Å²) in [5, 5.41) is 2.83. The van der Waals surface area contributed by atoms with Crippen LogP contribution in [0.4, 0.5) is 0 Å². The lowest BCUT2D eigenvalue weighted by atomic mass is 9.90. The monoisotopic (exact) mass is 369 g/mol. The molecule has 1 aliphatic heterocycles. The summed E-state index contributed by atoms with van der Waals surface area (Å²) in [4.78, 5) is 12.5. The Balaban J connectivity index is 2.00. The second kappa shape index (κ2) is 8.27. The van der Waals surface area contributed by atoms with Gasteiger partial charge in [0.2, 0.25) is 15.9 Å². The fraction of sp³-hybridized carbons (Fsp3) is 0.588. The first-order valence-corrected chi connectivity index (χ1v) is 10.0. The third kappa shape index (κ3) is 4.58. The average molecular weight is 369 g/mol. The van der Waals surface area contributed by atoms with E-state index in [9.17, 15) is 13.2 Å². The van der Waals surface area contributed by atoms with E-state index in [0.29, 0.717) is 45.7 Å². The highest BCUT2D eigenvalue weighted by molar-refractivity contribution is 7.89. The molecule has 140 valence electrons. The summed E-state index contributed by atoms with van der Waals surface area (Å²) in [7, 11) is -3.46. The van der Waals surface area contributed by atoms with Crippen molar-refractivity contribution < 1.29 is 17.9 Å². The van der Waals surface area contributed by atoms with E-state index in [-0.39, 0.29) is 10.8 Å². The number of nitrogens with one attached hydrogen (secondary N) is 1. The van der Waals surface area contributed by atoms with Gasteiger partial charge in [0, 0.05) is 32.8 Å². The van der Waals surface area contributed by atoms with Crippen LogP contribution < -0.4 is 11.1 Å². The number of sulfonamides is 1. The van der Waals surface area contributed by atoms with Crippen molar-refractivity contribution in [1.82, 2.24) is 9.62 Å². The van der Waals surface area contributed by atoms with Gasteiger partial charge in [0.05, 0.1) is 10.4 Å². The van der Waals surface area contributed by atoms with Crippen LogP contribution in [0.2, 0.25) is 0 Å². The number of carbonyl (C=O) groups excluding carboxylic acids is 1. The zero-order valence-corrected chi connectivity index (χ0v) is 15.6. The van der Waals surface area contributed by atoms with Crippen LogP contribution >= 0.6 is 0 Å². The van der Waals surface area contributed by atoms with Crippen molar-refractivity contribution in [2.75, 3.05) is 26.3 Å². The number of ether oxygens (including phenoxy) is 1. The van der Waals surface area contributed by atoms with E-state index in [4.69, 9.17) is 10.5 Å². The molecule has 1 fully saturated rings. The molecule has 0 radical (unpaired) electrons. The van der Waals surface area contributed by atoms with E-state index < -0.39 is 15.6 Å². The van der Waals surface area contributed by atoms with Gasteiger partial charge in [-0.15, -0.1) is 0 Å². The third-order valence-electron chi connectivity index (χ3n) is 4.56. The van der Waals surface area contributed by atoms with Gasteiger partial charge in [0.1, 0.15) is 0 Å². The minimum absolute atomic E-state index is 0.198. The van der Waals surface area contributed by atoms with E-state index in [0.717, 1.165) is 5.56 Å². The molecule has 1 aromatic carbocycles. The van der Waals surface area contributed by atoms with Gasteiger partial charge in [-0.1, -0.05) is 26.0 Å². The fourth-order valence-corrected chi connectivity index (χ4v) is 4.27. The third-order valence-corrected chi connectivity index (χ3v) is 6.62. The molecule has 0 unspecified atom stereocenters. The number of benzene rings is 1. The molecule has 7 nitrogen and oxygen atoms in total. The molecule has 0 aliphatic carbocycles. The molecule has 1 amide bonds. The second-order valence-corrected chi connectivity index (χ2v) is 8.12. The van der Waals surface area contributed by atoms with Crippen LogP contribution in [0.15, 0.2) is 29.2 Å². The number of nitrogens with zero attached hydrogens (tertiary/aromatic N) is 1. The van der Waals surface area contributed by atoms with Crippen molar-refractivity contribution in [3.05, 3.63) is 29.8 Å². The zero-order chi connectivity index (χ0) is 18.5. The molecule has 1 aliphatic rings. The van der Waals surface area contributed by atoms with Gasteiger partial charge in [-0.05, 0) is 30.5 Å². The fourth-order valence-electron chi connectivity index (χ4n) is 2.81. The predicted molar refractivity (Wildman–Crippen MR) is 95.4 cm³/mol. The molecule has 0 aromatic heterocycles. The predicted octanol–water partition coefficient (Wildman–Crippen LogP) is 0.841. The SMILES string of the molecule is CCN(CC)S(=O)(=O)c1ccc(CNC(=O)C2(N)CCOCC2)cc1. The Bertz CT molecular complexity index is 678. The highest BCUT2D eigenvalue weighted by atomic mass is 32.2. The van der Waals surface area contributed by atoms with Gasteiger partial charge in [-0.2, -0.15) is 4.31 Å². The van der Waals surface area contributed by atoms with Gasteiger partial charge < -0.3 is 15.8 Å². The van der Waals surface area contributed by atoms with Gasteiger partial charge >= 0.3 is 0 Å². The van der Waals surface area contributed by atoms with Crippen LogP contribution in [0.25, 0.3) is 0 Å². The molecule has 2 rings (SSSR count). The zero-order valence-electron chi connectivity index (χ0n) is 14.8. The number of amides is 1. The number of nitrogens with two attached hydrogens (primary N) is 1. The Labute approximate surface area is 149 Å². The summed E-state index contributed by atoms with van der Waals surface area (Å²) in [5.41, 5.74) is 6.07. The average Bonchev–Trinajstić information content (AvgIpc) is 2.61. The van der Waals surface area contributed by atoms with Crippen LogP contribution in [0.5, 0.6) is 0 Å². The smallest absolute Gasteiger partial charge is 0.243 e. The lowest BCUT2D eigenvalue weighted by Crippen LogP contribution is -2.56. The summed E-state index contributed by atoms with van der Waals surface area (Å²) in [6, 6.07) is 6.57. The van der Waals surface area contributed by atoms with Gasteiger partial charge in [0.25, 0.3) is 0 Å². The molecule has 1 heterocycles. The quantitative estimate of drug-likeness (QED) is 0.742. The highest BCUT2D eigenvalue weighted by Crippen LogP contribution is 2.19. The molecule has 0 spiro atoms. The maximum Gasteiger partial charge on any atom is 0.243 e. The van der Waals surface area contributed by atoms with Crippen LogP contribution in [0.1, 0.15) is 32.3 Å². The van der Waals surface area contributed by atoms with Crippen molar-refractivity contribution in [3.63, 3.8) is 0 Å². The van der Waals surface area contributed by atoms with E-state index in [1.807, 2.05) is 13.8 Å². The highest BCUT2D eigenvalue weighted by Gasteiger charge is 2.35. The Kier molecular flexibility index (Phi) is 6.56. The lowest BCUT2D eigenvalue weighted by Gasteiger charge is -2.31. The minimum atomic E-state index is -3.46. The number of hydrogen-bond acceptors (Lipinski definition) is 5. The maximum atomic E-state index is 12.4. The topological polar surface area (TPSA) is 102 Å². The van der Waals surface area contributed by atoms with E-state index >= 15 is 0 Å². The Morgan fingerprint density at radius 3 is 2.28 bits per heavy atom. The van der Waals surface area contributed by atoms with Crippen molar-refractivity contribution in [3.8, 4) is 0 Å². The molecule has 3 N–H and O–H groups in total. The van der Waals surface area contributed by atoms with Crippen LogP contribution in [0.3, 0.4) is 0 Å². The molecule has 25 heavy (non-hydrogen) atoms. The summed E-state index contributed by atoms with van der Waals surface area (Å²) in [6.45, 7) is 5.76. The normalized spacial score (nSPS) is 17.4. The molecular weight excluding hydrogens is 342 g/mol. The first-order chi connectivity index (χ1) is 11.8. The molecule has 1 aromatic rings. The van der Waals surface area contributed by atoms with Gasteiger partial charge in [-0.3, -0.25) is 4.79 Å². The summed E-state index contributed by atoms with van der Waals surface area (Å²) >= 11 is 0. The Morgan fingerprint density at radius 2 is 1.76 bits per heavy atom. The largest absolute Gasteiger partial charge is 0.381 e. The number of rotatable bonds is 7. The number of hydrogen-bond donors (Lipinski definition) is 2. The van der Waals surface area contributed by atoms with Crippen LogP contribution in [-0.4, -0.2) is 50.5 Å². The summed E-state index contributed by atoms with van der Waals surface area (Å²) in [5.74, 6) is -0.198. The maximum absolute atomic E-state index is 12.4. The Hall–Kier alpha value is -1.48. The van der Waals surface area contributed by atoms with Crippen molar-refractivity contribution in [1.29, 1.82) is 0 Å². The van der Waals surface area contributed by atoms with Gasteiger partial charge in [-0.25, -0.2) is 8.42 Å². The van der Waals surface area contributed by atoms with Crippen molar-refractivity contribution in [2.45, 2.75) is 43.7 Å². The minimum Gasteiger partial charge on any atom is -0.381 e. The number of carbonyl (C=O) groups is 1. The summed E-state index contributed by atoms with van der Waals surface area (Å²) in [6.07, 6.45) is 1.000. The lowest BCUT2D eigenvalue weighted by molar-refractivity contribution is -0.129. The van der Waals surface area contributed by atoms with E-state index in [1.54, 1.807) is 24.3 Å². The molecular formula is C17H27N3O4S.